The highest BCUT2D eigenvalue weighted by Crippen LogP contribution is 2.29. The van der Waals surface area contributed by atoms with Gasteiger partial charge in [-0.15, -0.1) is 0 Å². The largest absolute Gasteiger partial charge is 0.358 e. The fourth-order valence-corrected chi connectivity index (χ4v) is 4.47. The molecule has 0 radical (unpaired) electrons. The molecule has 1 aromatic heterocycles. The minimum Gasteiger partial charge on any atom is -0.358 e. The molecule has 5 rings (SSSR count). The van der Waals surface area contributed by atoms with Crippen LogP contribution in [0.25, 0.3) is 10.9 Å². The predicted octanol–water partition coefficient (Wildman–Crippen LogP) is 3.76. The lowest BCUT2D eigenvalue weighted by molar-refractivity contribution is 0.0651. The summed E-state index contributed by atoms with van der Waals surface area (Å²) in [5.41, 5.74) is 4.61. The first-order valence-electron chi connectivity index (χ1n) is 10.5. The second-order valence-electron chi connectivity index (χ2n) is 7.98. The third-order valence-corrected chi connectivity index (χ3v) is 6.12. The van der Waals surface area contributed by atoms with Crippen LogP contribution in [0.15, 0.2) is 42.5 Å². The summed E-state index contributed by atoms with van der Waals surface area (Å²) in [6, 6.07) is 13.0. The Morgan fingerprint density at radius 2 is 1.87 bits per heavy atom. The van der Waals surface area contributed by atoms with Crippen molar-refractivity contribution in [1.82, 2.24) is 14.8 Å². The van der Waals surface area contributed by atoms with Gasteiger partial charge in [0.15, 0.2) is 0 Å². The van der Waals surface area contributed by atoms with Gasteiger partial charge in [0, 0.05) is 53.8 Å². The van der Waals surface area contributed by atoms with Gasteiger partial charge in [0.25, 0.3) is 17.7 Å². The van der Waals surface area contributed by atoms with E-state index in [0.717, 1.165) is 35.7 Å². The lowest BCUT2D eigenvalue weighted by atomic mass is 10.0. The molecule has 0 saturated heterocycles. The molecular weight excluding hydrogens is 378 g/mol. The molecule has 2 aromatic carbocycles. The average Bonchev–Trinajstić information content (AvgIpc) is 3.26. The van der Waals surface area contributed by atoms with Gasteiger partial charge in [0.2, 0.25) is 0 Å². The molecule has 6 nitrogen and oxygen atoms in total. The number of hydrogen-bond donors (Lipinski definition) is 1. The van der Waals surface area contributed by atoms with Crippen molar-refractivity contribution in [3.05, 3.63) is 70.4 Å². The summed E-state index contributed by atoms with van der Waals surface area (Å²) in [6.07, 6.45) is 2.45. The van der Waals surface area contributed by atoms with E-state index in [1.807, 2.05) is 30.0 Å². The molecule has 3 heterocycles. The van der Waals surface area contributed by atoms with Crippen molar-refractivity contribution in [2.75, 3.05) is 13.1 Å². The molecule has 0 spiro atoms. The molecule has 0 aliphatic carbocycles. The van der Waals surface area contributed by atoms with Gasteiger partial charge in [0.05, 0.1) is 11.1 Å². The van der Waals surface area contributed by atoms with Gasteiger partial charge in [0.1, 0.15) is 0 Å². The molecule has 30 heavy (non-hydrogen) atoms. The highest BCUT2D eigenvalue weighted by molar-refractivity contribution is 6.22. The smallest absolute Gasteiger partial charge is 0.261 e. The molecule has 0 fully saturated rings. The lowest BCUT2D eigenvalue weighted by Crippen LogP contribution is -2.35. The zero-order valence-corrected chi connectivity index (χ0v) is 16.9. The number of carbonyl (C=O) groups excluding carboxylic acids is 3. The van der Waals surface area contributed by atoms with E-state index >= 15 is 0 Å². The first kappa shape index (κ1) is 18.6. The summed E-state index contributed by atoms with van der Waals surface area (Å²) in [6.45, 7) is 3.59. The van der Waals surface area contributed by atoms with Crippen LogP contribution in [-0.4, -0.2) is 45.6 Å². The van der Waals surface area contributed by atoms with Crippen LogP contribution < -0.4 is 0 Å². The number of H-pyrrole nitrogens is 1. The van der Waals surface area contributed by atoms with E-state index in [-0.39, 0.29) is 17.7 Å². The van der Waals surface area contributed by atoms with Crippen molar-refractivity contribution in [3.8, 4) is 0 Å². The summed E-state index contributed by atoms with van der Waals surface area (Å²) < 4.78 is 0. The molecule has 2 aliphatic rings. The fourth-order valence-electron chi connectivity index (χ4n) is 4.47. The average molecular weight is 401 g/mol. The fraction of sp³-hybridized carbons (Fsp3) is 0.292. The molecule has 1 N–H and O–H groups in total. The number of imide groups is 1. The van der Waals surface area contributed by atoms with E-state index in [4.69, 9.17) is 0 Å². The van der Waals surface area contributed by atoms with Crippen LogP contribution in [0.2, 0.25) is 0 Å². The third-order valence-electron chi connectivity index (χ3n) is 6.12. The maximum atomic E-state index is 13.2. The normalized spacial score (nSPS) is 15.6. The summed E-state index contributed by atoms with van der Waals surface area (Å²) in [7, 11) is 0. The van der Waals surface area contributed by atoms with Crippen LogP contribution in [0.1, 0.15) is 62.1 Å². The Morgan fingerprint density at radius 1 is 1.07 bits per heavy atom. The van der Waals surface area contributed by atoms with Crippen LogP contribution in [0.4, 0.5) is 0 Å². The Hall–Kier alpha value is -3.41. The second-order valence-corrected chi connectivity index (χ2v) is 7.98. The number of carbonyl (C=O) groups is 3. The van der Waals surface area contributed by atoms with E-state index in [1.165, 1.54) is 10.6 Å². The van der Waals surface area contributed by atoms with Crippen molar-refractivity contribution >= 4 is 28.6 Å². The quantitative estimate of drug-likeness (QED) is 0.677. The van der Waals surface area contributed by atoms with Crippen molar-refractivity contribution in [2.45, 2.75) is 32.7 Å². The van der Waals surface area contributed by atoms with E-state index in [2.05, 4.69) is 11.1 Å². The highest BCUT2D eigenvalue weighted by atomic mass is 16.2. The van der Waals surface area contributed by atoms with Gasteiger partial charge in [-0.25, -0.2) is 0 Å². The van der Waals surface area contributed by atoms with Crippen LogP contribution in [0.5, 0.6) is 0 Å². The van der Waals surface area contributed by atoms with E-state index in [1.54, 1.807) is 18.2 Å². The maximum Gasteiger partial charge on any atom is 0.261 e. The Kier molecular flexibility index (Phi) is 4.42. The lowest BCUT2D eigenvalue weighted by Gasteiger charge is -2.27. The molecule has 2 aliphatic heterocycles. The van der Waals surface area contributed by atoms with Gasteiger partial charge in [-0.05, 0) is 30.7 Å². The number of benzene rings is 2. The zero-order valence-electron chi connectivity index (χ0n) is 16.9. The van der Waals surface area contributed by atoms with Crippen LogP contribution in [-0.2, 0) is 13.0 Å². The summed E-state index contributed by atoms with van der Waals surface area (Å²) in [5, 5.41) is 1.14. The number of nitrogens with zero attached hydrogens (tertiary/aromatic N) is 2. The number of amides is 3. The number of aromatic amines is 1. The Labute approximate surface area is 174 Å². The molecule has 0 saturated carbocycles. The number of para-hydroxylation sites is 1. The molecular formula is C24H23N3O3. The number of aromatic nitrogens is 1. The van der Waals surface area contributed by atoms with Crippen molar-refractivity contribution in [3.63, 3.8) is 0 Å². The first-order chi connectivity index (χ1) is 14.6. The van der Waals surface area contributed by atoms with Crippen LogP contribution >= 0.6 is 0 Å². The molecule has 3 aromatic rings. The molecule has 0 bridgehead atoms. The van der Waals surface area contributed by atoms with Crippen molar-refractivity contribution in [1.29, 1.82) is 0 Å². The molecule has 3 amide bonds. The van der Waals surface area contributed by atoms with E-state index < -0.39 is 0 Å². The Bertz CT molecular complexity index is 1190. The molecule has 152 valence electrons. The van der Waals surface area contributed by atoms with Crippen molar-refractivity contribution in [2.24, 2.45) is 0 Å². The summed E-state index contributed by atoms with van der Waals surface area (Å²) in [5.74, 6) is -0.666. The third kappa shape index (κ3) is 2.83. The van der Waals surface area contributed by atoms with Gasteiger partial charge in [-0.3, -0.25) is 19.3 Å². The van der Waals surface area contributed by atoms with Crippen LogP contribution in [0.3, 0.4) is 0 Å². The molecule has 0 unspecified atom stereocenters. The second kappa shape index (κ2) is 7.13. The van der Waals surface area contributed by atoms with Gasteiger partial charge in [-0.1, -0.05) is 31.5 Å². The number of hydrogen-bond acceptors (Lipinski definition) is 3. The standard InChI is InChI=1S/C24H23N3O3/c1-2-3-11-27-23(29)17-9-8-15(13-18(17)24(27)30)22(28)26-12-10-21-19(14-26)16-6-4-5-7-20(16)25-21/h4-9,13,25H,2-3,10-12,14H2,1H3. The van der Waals surface area contributed by atoms with E-state index in [9.17, 15) is 14.4 Å². The monoisotopic (exact) mass is 401 g/mol. The predicted molar refractivity (Wildman–Crippen MR) is 113 cm³/mol. The number of rotatable bonds is 4. The Morgan fingerprint density at radius 3 is 2.70 bits per heavy atom. The summed E-state index contributed by atoms with van der Waals surface area (Å²) in [4.78, 5) is 45.0. The zero-order chi connectivity index (χ0) is 20.8. The SMILES string of the molecule is CCCCN1C(=O)c2ccc(C(=O)N3CCc4[nH]c5ccccc5c4C3)cc2C1=O. The van der Waals surface area contributed by atoms with Gasteiger partial charge in [-0.2, -0.15) is 0 Å². The minimum absolute atomic E-state index is 0.110. The minimum atomic E-state index is -0.296. The first-order valence-corrected chi connectivity index (χ1v) is 10.5. The topological polar surface area (TPSA) is 73.5 Å². The summed E-state index contributed by atoms with van der Waals surface area (Å²) >= 11 is 0. The van der Waals surface area contributed by atoms with E-state index in [0.29, 0.717) is 36.3 Å². The Balaban J connectivity index is 1.41. The van der Waals surface area contributed by atoms with Gasteiger partial charge < -0.3 is 9.88 Å². The van der Waals surface area contributed by atoms with Crippen molar-refractivity contribution < 1.29 is 14.4 Å². The number of nitrogens with one attached hydrogen (secondary N) is 1. The number of fused-ring (bicyclic) bond motifs is 4. The number of unbranched alkanes of at least 4 members (excludes halogenated alkanes) is 1. The molecule has 6 heteroatoms. The van der Waals surface area contributed by atoms with Crippen LogP contribution in [0, 0.1) is 0 Å². The highest BCUT2D eigenvalue weighted by Gasteiger charge is 2.36. The maximum absolute atomic E-state index is 13.2. The molecule has 0 atom stereocenters. The van der Waals surface area contributed by atoms with Gasteiger partial charge >= 0.3 is 0 Å².